The van der Waals surface area contributed by atoms with Gasteiger partial charge in [0.05, 0.1) is 20.3 Å². The quantitative estimate of drug-likeness (QED) is 0.432. The van der Waals surface area contributed by atoms with Gasteiger partial charge in [-0.25, -0.2) is 4.79 Å². The number of rotatable bonds is 3. The van der Waals surface area contributed by atoms with Crippen LogP contribution in [0.4, 0.5) is 0 Å². The van der Waals surface area contributed by atoms with Crippen LogP contribution in [0.5, 0.6) is 0 Å². The fraction of sp³-hybridized carbons (Fsp3) is 0.250. The van der Waals surface area contributed by atoms with E-state index in [0.717, 1.165) is 11.1 Å². The van der Waals surface area contributed by atoms with E-state index in [1.807, 2.05) is 31.2 Å². The van der Waals surface area contributed by atoms with Crippen LogP contribution in [0.3, 0.4) is 0 Å². The van der Waals surface area contributed by atoms with Gasteiger partial charge in [0, 0.05) is 5.56 Å². The summed E-state index contributed by atoms with van der Waals surface area (Å²) in [5.74, 6) is 0.0926. The molecule has 0 amide bonds. The smallest absolute Gasteiger partial charge is 0.334 e. The molecule has 3 nitrogen and oxygen atoms in total. The van der Waals surface area contributed by atoms with Crippen LogP contribution in [0.2, 0.25) is 0 Å². The van der Waals surface area contributed by atoms with Crippen molar-refractivity contribution in [2.75, 3.05) is 14.2 Å². The summed E-state index contributed by atoms with van der Waals surface area (Å²) in [5, 5.41) is 0. The van der Waals surface area contributed by atoms with Gasteiger partial charge in [0.1, 0.15) is 5.76 Å². The minimum atomic E-state index is -0.421. The Bertz CT molecular complexity index is 380. The van der Waals surface area contributed by atoms with E-state index in [-0.39, 0.29) is 0 Å². The van der Waals surface area contributed by atoms with Crippen LogP contribution in [-0.4, -0.2) is 20.2 Å². The van der Waals surface area contributed by atoms with Gasteiger partial charge in [-0.2, -0.15) is 0 Å². The van der Waals surface area contributed by atoms with Crippen LogP contribution in [-0.2, 0) is 14.3 Å². The van der Waals surface area contributed by atoms with Crippen LogP contribution in [0.25, 0.3) is 5.76 Å². The molecule has 0 saturated heterocycles. The normalized spacial score (nSPS) is 11.0. The fourth-order valence-corrected chi connectivity index (χ4v) is 1.26. The second-order valence-corrected chi connectivity index (χ2v) is 3.05. The molecule has 0 unspecified atom stereocenters. The van der Waals surface area contributed by atoms with Crippen molar-refractivity contribution in [3.63, 3.8) is 0 Å². The molecule has 0 bridgehead atoms. The van der Waals surface area contributed by atoms with Gasteiger partial charge in [0.25, 0.3) is 0 Å². The minimum absolute atomic E-state index is 0.421. The van der Waals surface area contributed by atoms with E-state index < -0.39 is 5.97 Å². The lowest BCUT2D eigenvalue weighted by Gasteiger charge is -2.08. The fourth-order valence-electron chi connectivity index (χ4n) is 1.26. The third kappa shape index (κ3) is 2.84. The number of esters is 1. The van der Waals surface area contributed by atoms with Crippen molar-refractivity contribution in [3.05, 3.63) is 41.5 Å². The zero-order valence-electron chi connectivity index (χ0n) is 9.11. The first-order chi connectivity index (χ1) is 7.19. The second kappa shape index (κ2) is 5.20. The molecule has 80 valence electrons. The van der Waals surface area contributed by atoms with Gasteiger partial charge < -0.3 is 9.47 Å². The molecule has 3 heteroatoms. The summed E-state index contributed by atoms with van der Waals surface area (Å²) in [6, 6.07) is 7.68. The third-order valence-corrected chi connectivity index (χ3v) is 2.08. The van der Waals surface area contributed by atoms with Crippen molar-refractivity contribution < 1.29 is 14.3 Å². The number of ether oxygens (including phenoxy) is 2. The van der Waals surface area contributed by atoms with Gasteiger partial charge in [-0.3, -0.25) is 0 Å². The molecule has 0 heterocycles. The zero-order valence-corrected chi connectivity index (χ0v) is 9.11. The Hall–Kier alpha value is -1.77. The molecule has 0 radical (unpaired) electrons. The standard InChI is InChI=1S/C12H14O3/c1-9-6-4-5-7-10(9)11(14-2)8-12(13)15-3/h4-8H,1-3H3. The Morgan fingerprint density at radius 1 is 1.20 bits per heavy atom. The highest BCUT2D eigenvalue weighted by Gasteiger charge is 2.07. The summed E-state index contributed by atoms with van der Waals surface area (Å²) in [6.45, 7) is 1.96. The van der Waals surface area contributed by atoms with E-state index >= 15 is 0 Å². The summed E-state index contributed by atoms with van der Waals surface area (Å²) in [4.78, 5) is 11.1. The average Bonchev–Trinajstić information content (AvgIpc) is 2.26. The first kappa shape index (κ1) is 11.3. The molecule has 0 saturated carbocycles. The number of methoxy groups -OCH3 is 2. The van der Waals surface area contributed by atoms with Gasteiger partial charge >= 0.3 is 5.97 Å². The zero-order chi connectivity index (χ0) is 11.3. The van der Waals surface area contributed by atoms with Gasteiger partial charge in [-0.1, -0.05) is 24.3 Å². The molecule has 0 aliphatic rings. The topological polar surface area (TPSA) is 35.5 Å². The molecule has 0 aliphatic heterocycles. The molecule has 0 N–H and O–H groups in total. The third-order valence-electron chi connectivity index (χ3n) is 2.08. The van der Waals surface area contributed by atoms with E-state index in [1.165, 1.54) is 20.3 Å². The maximum atomic E-state index is 11.1. The van der Waals surface area contributed by atoms with Gasteiger partial charge in [0.15, 0.2) is 0 Å². The van der Waals surface area contributed by atoms with E-state index in [4.69, 9.17) is 4.74 Å². The Labute approximate surface area is 89.3 Å². The summed E-state index contributed by atoms with van der Waals surface area (Å²) < 4.78 is 9.70. The largest absolute Gasteiger partial charge is 0.496 e. The predicted octanol–water partition coefficient (Wildman–Crippen LogP) is 2.16. The molecule has 0 atom stereocenters. The van der Waals surface area contributed by atoms with Crippen molar-refractivity contribution >= 4 is 11.7 Å². The summed E-state index contributed by atoms with van der Waals surface area (Å²) >= 11 is 0. The molecular weight excluding hydrogens is 192 g/mol. The minimum Gasteiger partial charge on any atom is -0.496 e. The lowest BCUT2D eigenvalue weighted by atomic mass is 10.1. The highest BCUT2D eigenvalue weighted by atomic mass is 16.5. The molecule has 1 aromatic rings. The second-order valence-electron chi connectivity index (χ2n) is 3.05. The van der Waals surface area contributed by atoms with Gasteiger partial charge in [-0.05, 0) is 12.5 Å². The molecule has 15 heavy (non-hydrogen) atoms. The monoisotopic (exact) mass is 206 g/mol. The van der Waals surface area contributed by atoms with Crippen molar-refractivity contribution in [2.24, 2.45) is 0 Å². The molecule has 0 fully saturated rings. The average molecular weight is 206 g/mol. The maximum Gasteiger partial charge on any atom is 0.334 e. The Kier molecular flexibility index (Phi) is 3.92. The lowest BCUT2D eigenvalue weighted by Crippen LogP contribution is -1.99. The van der Waals surface area contributed by atoms with E-state index in [2.05, 4.69) is 4.74 Å². The van der Waals surface area contributed by atoms with Crippen LogP contribution in [0.15, 0.2) is 30.3 Å². The summed E-state index contributed by atoms with van der Waals surface area (Å²) in [5.41, 5.74) is 1.94. The predicted molar refractivity (Wildman–Crippen MR) is 58.2 cm³/mol. The van der Waals surface area contributed by atoms with Gasteiger partial charge in [-0.15, -0.1) is 0 Å². The van der Waals surface area contributed by atoms with Crippen LogP contribution in [0, 0.1) is 6.92 Å². The number of hydrogen-bond donors (Lipinski definition) is 0. The van der Waals surface area contributed by atoms with Crippen LogP contribution < -0.4 is 0 Å². The highest BCUT2D eigenvalue weighted by molar-refractivity contribution is 5.90. The first-order valence-corrected chi connectivity index (χ1v) is 4.58. The molecule has 1 aromatic carbocycles. The Morgan fingerprint density at radius 3 is 2.40 bits per heavy atom. The molecule has 0 aromatic heterocycles. The van der Waals surface area contributed by atoms with Crippen molar-refractivity contribution in [3.8, 4) is 0 Å². The van der Waals surface area contributed by atoms with Crippen molar-refractivity contribution in [1.29, 1.82) is 0 Å². The number of carbonyl (C=O) groups is 1. The van der Waals surface area contributed by atoms with Crippen LogP contribution in [0.1, 0.15) is 11.1 Å². The molecular formula is C12H14O3. The molecule has 1 rings (SSSR count). The number of benzene rings is 1. The Balaban J connectivity index is 3.08. The summed E-state index contributed by atoms with van der Waals surface area (Å²) in [7, 11) is 2.87. The Morgan fingerprint density at radius 2 is 1.87 bits per heavy atom. The van der Waals surface area contributed by atoms with E-state index in [0.29, 0.717) is 5.76 Å². The van der Waals surface area contributed by atoms with E-state index in [9.17, 15) is 4.79 Å². The van der Waals surface area contributed by atoms with Gasteiger partial charge in [0.2, 0.25) is 0 Å². The summed E-state index contributed by atoms with van der Waals surface area (Å²) in [6.07, 6.45) is 1.34. The van der Waals surface area contributed by atoms with Crippen LogP contribution >= 0.6 is 0 Å². The molecule has 0 aliphatic carbocycles. The van der Waals surface area contributed by atoms with Crippen molar-refractivity contribution in [1.82, 2.24) is 0 Å². The highest BCUT2D eigenvalue weighted by Crippen LogP contribution is 2.18. The molecule has 0 spiro atoms. The number of aryl methyl sites for hydroxylation is 1. The van der Waals surface area contributed by atoms with E-state index in [1.54, 1.807) is 0 Å². The number of hydrogen-bond acceptors (Lipinski definition) is 3. The first-order valence-electron chi connectivity index (χ1n) is 4.58. The van der Waals surface area contributed by atoms with Crippen molar-refractivity contribution in [2.45, 2.75) is 6.92 Å². The SMILES string of the molecule is COC(=O)C=C(OC)c1ccccc1C. The lowest BCUT2D eigenvalue weighted by molar-refractivity contribution is -0.134. The number of carbonyl (C=O) groups excluding carboxylic acids is 1. The maximum absolute atomic E-state index is 11.1.